The summed E-state index contributed by atoms with van der Waals surface area (Å²) in [5, 5.41) is 6.78. The van der Waals surface area contributed by atoms with Crippen molar-refractivity contribution in [3.8, 4) is 17.1 Å². The first kappa shape index (κ1) is 27.8. The van der Waals surface area contributed by atoms with E-state index in [2.05, 4.69) is 117 Å². The number of nitrogens with zero attached hydrogens (tertiary/aromatic N) is 3. The van der Waals surface area contributed by atoms with Crippen molar-refractivity contribution in [2.75, 3.05) is 0 Å². The number of fused-ring (bicyclic) bond motifs is 9. The molecule has 0 atom stereocenters. The molecule has 7 aromatic carbocycles. The van der Waals surface area contributed by atoms with E-state index in [-0.39, 0.29) is 0 Å². The number of hydrogen-bond acceptors (Lipinski definition) is 0. The van der Waals surface area contributed by atoms with E-state index in [4.69, 9.17) is 0 Å². The minimum Gasteiger partial charge on any atom is -0.309 e. The van der Waals surface area contributed by atoms with Gasteiger partial charge in [0.15, 0.2) is 0 Å². The van der Waals surface area contributed by atoms with E-state index in [0.29, 0.717) is 5.69 Å². The third-order valence-electron chi connectivity index (χ3n) is 9.86. The van der Waals surface area contributed by atoms with Crippen molar-refractivity contribution in [2.45, 2.75) is 6.18 Å². The molecule has 3 heterocycles. The van der Waals surface area contributed by atoms with Gasteiger partial charge in [-0.05, 0) is 78.9 Å². The van der Waals surface area contributed by atoms with Gasteiger partial charge in [0.2, 0.25) is 0 Å². The number of para-hydroxylation sites is 4. The van der Waals surface area contributed by atoms with Crippen LogP contribution in [0.4, 0.5) is 13.2 Å². The minimum atomic E-state index is -4.40. The summed E-state index contributed by atoms with van der Waals surface area (Å²) < 4.78 is 47.1. The Hall–Kier alpha value is -6.27. The summed E-state index contributed by atoms with van der Waals surface area (Å²) >= 11 is 0. The summed E-state index contributed by atoms with van der Waals surface area (Å²) in [7, 11) is 0. The molecule has 0 N–H and O–H groups in total. The van der Waals surface area contributed by atoms with Crippen LogP contribution in [0.1, 0.15) is 5.56 Å². The van der Waals surface area contributed by atoms with E-state index in [1.807, 2.05) is 30.3 Å². The predicted molar refractivity (Wildman–Crippen MR) is 194 cm³/mol. The molecule has 0 saturated carbocycles. The van der Waals surface area contributed by atoms with E-state index < -0.39 is 11.7 Å². The number of alkyl halides is 3. The van der Waals surface area contributed by atoms with Crippen LogP contribution >= 0.6 is 0 Å². The highest BCUT2D eigenvalue weighted by Gasteiger charge is 2.30. The second kappa shape index (κ2) is 10.1. The van der Waals surface area contributed by atoms with Gasteiger partial charge in [-0.2, -0.15) is 13.2 Å². The van der Waals surface area contributed by atoms with Crippen LogP contribution in [0.2, 0.25) is 0 Å². The number of benzene rings is 7. The maximum Gasteiger partial charge on any atom is 0.416 e. The zero-order valence-corrected chi connectivity index (χ0v) is 26.0. The van der Waals surface area contributed by atoms with Crippen molar-refractivity contribution in [1.82, 2.24) is 13.7 Å². The molecule has 6 heteroatoms. The molecule has 3 aromatic heterocycles. The average Bonchev–Trinajstić information content (AvgIpc) is 3.77. The molecule has 49 heavy (non-hydrogen) atoms. The summed E-state index contributed by atoms with van der Waals surface area (Å²) in [6, 6.07) is 52.0. The van der Waals surface area contributed by atoms with E-state index >= 15 is 0 Å². The van der Waals surface area contributed by atoms with E-state index in [1.165, 1.54) is 10.8 Å². The highest BCUT2D eigenvalue weighted by atomic mass is 19.4. The molecule has 234 valence electrons. The fraction of sp³-hybridized carbons (Fsp3) is 0.0233. The number of hydrogen-bond donors (Lipinski definition) is 0. The van der Waals surface area contributed by atoms with Gasteiger partial charge in [0.25, 0.3) is 0 Å². The maximum atomic E-state index is 13.5. The van der Waals surface area contributed by atoms with E-state index in [9.17, 15) is 13.2 Å². The predicted octanol–water partition coefficient (Wildman–Crippen LogP) is 12.0. The highest BCUT2D eigenvalue weighted by Crippen LogP contribution is 2.41. The smallest absolute Gasteiger partial charge is 0.309 e. The Labute approximate surface area is 278 Å². The van der Waals surface area contributed by atoms with Gasteiger partial charge >= 0.3 is 6.18 Å². The Morgan fingerprint density at radius 3 is 1.41 bits per heavy atom. The van der Waals surface area contributed by atoms with Gasteiger partial charge in [0.1, 0.15) is 0 Å². The van der Waals surface area contributed by atoms with Gasteiger partial charge in [-0.15, -0.1) is 0 Å². The summed E-state index contributed by atoms with van der Waals surface area (Å²) in [6.07, 6.45) is -4.40. The van der Waals surface area contributed by atoms with Gasteiger partial charge in [-0.3, -0.25) is 0 Å². The fourth-order valence-corrected chi connectivity index (χ4v) is 7.82. The minimum absolute atomic E-state index is 0.664. The first-order valence-corrected chi connectivity index (χ1v) is 16.2. The first-order valence-electron chi connectivity index (χ1n) is 16.2. The molecule has 0 aliphatic rings. The zero-order valence-electron chi connectivity index (χ0n) is 26.0. The Balaban J connectivity index is 1.25. The number of rotatable bonds is 3. The summed E-state index contributed by atoms with van der Waals surface area (Å²) in [4.78, 5) is 0. The zero-order chi connectivity index (χ0) is 32.9. The highest BCUT2D eigenvalue weighted by molar-refractivity contribution is 6.17. The lowest BCUT2D eigenvalue weighted by molar-refractivity contribution is -0.137. The molecule has 10 rings (SSSR count). The third kappa shape index (κ3) is 3.97. The quantitative estimate of drug-likeness (QED) is 0.182. The van der Waals surface area contributed by atoms with Crippen LogP contribution in [0, 0.1) is 0 Å². The van der Waals surface area contributed by atoms with Crippen molar-refractivity contribution in [3.63, 3.8) is 0 Å². The monoisotopic (exact) mass is 641 g/mol. The normalized spacial score (nSPS) is 12.4. The summed E-state index contributed by atoms with van der Waals surface area (Å²) in [5.74, 6) is 0. The SMILES string of the molecule is FC(F)(F)c1ccc(-n2c3ccccc3c3c(-n4c5ccccc5c5cc(-n6c7ccccc7c7ccccc76)ccc54)cccc32)cc1. The maximum absolute atomic E-state index is 13.5. The van der Waals surface area contributed by atoms with Crippen LogP contribution in [0.5, 0.6) is 0 Å². The van der Waals surface area contributed by atoms with Crippen LogP contribution in [0.15, 0.2) is 158 Å². The van der Waals surface area contributed by atoms with Crippen LogP contribution < -0.4 is 0 Å². The average molecular weight is 642 g/mol. The van der Waals surface area contributed by atoms with E-state index in [1.54, 1.807) is 12.1 Å². The standard InChI is InChI=1S/C43H26F3N3/c44-43(45,46)27-20-22-28(23-21-27)47-38-17-8-4-13-33(38)42-40(47)18-9-19-41(42)49-37-16-7-3-12-32(37)34-26-29(24-25-39(34)49)48-35-14-5-1-10-30(35)31-11-2-6-15-36(31)48/h1-26H. The molecule has 0 aliphatic carbocycles. The van der Waals surface area contributed by atoms with Crippen molar-refractivity contribution in [2.24, 2.45) is 0 Å². The Morgan fingerprint density at radius 1 is 0.347 bits per heavy atom. The lowest BCUT2D eigenvalue weighted by Crippen LogP contribution is -2.05. The fourth-order valence-electron chi connectivity index (χ4n) is 7.82. The molecule has 0 amide bonds. The molecule has 0 aliphatic heterocycles. The second-order valence-electron chi connectivity index (χ2n) is 12.5. The van der Waals surface area contributed by atoms with Crippen molar-refractivity contribution in [1.29, 1.82) is 0 Å². The molecule has 0 bridgehead atoms. The lowest BCUT2D eigenvalue weighted by Gasteiger charge is -2.13. The van der Waals surface area contributed by atoms with Gasteiger partial charge in [-0.1, -0.05) is 78.9 Å². The molecular formula is C43H26F3N3. The Bertz CT molecular complexity index is 2870. The van der Waals surface area contributed by atoms with Crippen LogP contribution in [0.25, 0.3) is 82.5 Å². The van der Waals surface area contributed by atoms with Gasteiger partial charge < -0.3 is 13.7 Å². The van der Waals surface area contributed by atoms with Crippen LogP contribution in [0.3, 0.4) is 0 Å². The molecule has 0 radical (unpaired) electrons. The summed E-state index contributed by atoms with van der Waals surface area (Å²) in [5.41, 5.74) is 8.43. The number of aromatic nitrogens is 3. The van der Waals surface area contributed by atoms with Crippen molar-refractivity contribution in [3.05, 3.63) is 163 Å². The van der Waals surface area contributed by atoms with Crippen molar-refractivity contribution < 1.29 is 13.2 Å². The molecule has 0 fully saturated rings. The third-order valence-corrected chi connectivity index (χ3v) is 9.86. The van der Waals surface area contributed by atoms with Crippen LogP contribution in [-0.2, 0) is 6.18 Å². The van der Waals surface area contributed by atoms with Gasteiger partial charge in [0.05, 0.1) is 44.4 Å². The molecule has 10 aromatic rings. The largest absolute Gasteiger partial charge is 0.416 e. The molecule has 0 unspecified atom stereocenters. The van der Waals surface area contributed by atoms with Gasteiger partial charge in [0, 0.05) is 43.7 Å². The van der Waals surface area contributed by atoms with Crippen LogP contribution in [-0.4, -0.2) is 13.7 Å². The second-order valence-corrected chi connectivity index (χ2v) is 12.5. The molecule has 3 nitrogen and oxygen atoms in total. The Morgan fingerprint density at radius 2 is 0.796 bits per heavy atom. The molecular weight excluding hydrogens is 615 g/mol. The van der Waals surface area contributed by atoms with E-state index in [0.717, 1.165) is 78.2 Å². The molecule has 0 saturated heterocycles. The number of halogens is 3. The first-order chi connectivity index (χ1) is 24.0. The lowest BCUT2D eigenvalue weighted by atomic mass is 10.1. The van der Waals surface area contributed by atoms with Gasteiger partial charge in [-0.25, -0.2) is 0 Å². The summed E-state index contributed by atoms with van der Waals surface area (Å²) in [6.45, 7) is 0. The van der Waals surface area contributed by atoms with Crippen molar-refractivity contribution >= 4 is 65.4 Å². The molecule has 0 spiro atoms. The topological polar surface area (TPSA) is 14.8 Å². The Kier molecular flexibility index (Phi) is 5.74.